The molecule has 1 aliphatic rings. The predicted octanol–water partition coefficient (Wildman–Crippen LogP) is 16.8. The highest BCUT2D eigenvalue weighted by molar-refractivity contribution is 7.26. The number of thiophene rings is 1. The van der Waals surface area contributed by atoms with Crippen molar-refractivity contribution in [3.05, 3.63) is 167 Å². The molecule has 0 saturated carbocycles. The summed E-state index contributed by atoms with van der Waals surface area (Å²) in [5.41, 5.74) is 15.3. The Balaban J connectivity index is 0.000000160. The fraction of sp³-hybridized carbons (Fsp3) is 0.288. The summed E-state index contributed by atoms with van der Waals surface area (Å²) in [4.78, 5) is 4.90. The highest BCUT2D eigenvalue weighted by atomic mass is 32.1. The molecule has 0 spiro atoms. The van der Waals surface area contributed by atoms with Crippen molar-refractivity contribution >= 4 is 53.4 Å². The lowest BCUT2D eigenvalue weighted by Crippen LogP contribution is -2.30. The number of halogens is 1. The SMILES string of the molecule is CC(C)c1cc2c(oc3ccccc32)c(C(C)C)c1-n1cc[n+]2c1-c1ccccc1C2.CC(C)c1ccccc1-c1nccn1-c1c(C(C)C)cc2c(sc3ccccc32)c1C(C)C.CF. The lowest BCUT2D eigenvalue weighted by Gasteiger charge is -2.24. The van der Waals surface area contributed by atoms with Crippen LogP contribution in [0.2, 0.25) is 0 Å². The van der Waals surface area contributed by atoms with Gasteiger partial charge >= 0.3 is 0 Å². The maximum atomic E-state index is 9.50. The zero-order chi connectivity index (χ0) is 46.6. The topological polar surface area (TPSA) is 39.8 Å². The number of fused-ring (bicyclic) bond motifs is 9. The zero-order valence-corrected chi connectivity index (χ0v) is 41.1. The molecule has 1 aliphatic heterocycles. The molecule has 10 aromatic rings. The molecule has 0 bridgehead atoms. The van der Waals surface area contributed by atoms with Gasteiger partial charge in [-0.05, 0) is 76.6 Å². The van der Waals surface area contributed by atoms with Crippen LogP contribution in [0.3, 0.4) is 0 Å². The van der Waals surface area contributed by atoms with Crippen molar-refractivity contribution in [1.82, 2.24) is 14.1 Å². The quantitative estimate of drug-likeness (QED) is 0.143. The molecule has 66 heavy (non-hydrogen) atoms. The third-order valence-electron chi connectivity index (χ3n) is 13.3. The van der Waals surface area contributed by atoms with E-state index in [1.165, 1.54) is 92.7 Å². The van der Waals surface area contributed by atoms with Gasteiger partial charge in [0.05, 0.1) is 18.4 Å². The largest absolute Gasteiger partial charge is 0.456 e. The average molecular weight is 894 g/mol. The van der Waals surface area contributed by atoms with E-state index in [-0.39, 0.29) is 0 Å². The van der Waals surface area contributed by atoms with E-state index in [9.17, 15) is 4.39 Å². The maximum Gasteiger partial charge on any atom is 0.294 e. The number of hydrogen-bond donors (Lipinski definition) is 0. The molecule has 6 aromatic carbocycles. The van der Waals surface area contributed by atoms with Crippen LogP contribution >= 0.6 is 11.3 Å². The molecule has 11 rings (SSSR count). The minimum absolute atomic E-state index is 0.330. The van der Waals surface area contributed by atoms with Gasteiger partial charge < -0.3 is 4.42 Å². The lowest BCUT2D eigenvalue weighted by molar-refractivity contribution is -0.671. The average Bonchev–Trinajstić information content (AvgIpc) is 4.16. The molecule has 7 heteroatoms. The maximum absolute atomic E-state index is 9.50. The Labute approximate surface area is 393 Å². The number of hydrogen-bond acceptors (Lipinski definition) is 3. The minimum atomic E-state index is 0.330. The van der Waals surface area contributed by atoms with Crippen LogP contribution in [-0.2, 0) is 6.54 Å². The number of rotatable bonds is 8. The van der Waals surface area contributed by atoms with Crippen LogP contribution in [0, 0.1) is 0 Å². The standard InChI is InChI=1S/C30H32N2S.C28H27N2O.CH3F/c1-18(2)21-11-7-8-13-23(21)30-31-15-16-32(30)28-24(19(3)4)17-25-22-12-9-10-14-26(22)33-29(25)27(28)20(5)6;1-17(2)22-15-23-21-11-7-8-12-24(21)31-27(23)25(18(3)4)26(22)30-14-13-29-16-19-9-5-6-10-20(19)28(29)30;1-2/h7-20H,1-6H3;5-15,17-18H,16H2,1-4H3;1H3/q;+1;. The first kappa shape index (κ1) is 44.9. The van der Waals surface area contributed by atoms with Crippen molar-refractivity contribution in [2.75, 3.05) is 7.18 Å². The summed E-state index contributed by atoms with van der Waals surface area (Å²) in [6, 6.07) is 39.5. The molecule has 0 saturated heterocycles. The van der Waals surface area contributed by atoms with Crippen molar-refractivity contribution < 1.29 is 13.4 Å². The van der Waals surface area contributed by atoms with Crippen molar-refractivity contribution in [2.45, 2.75) is 105 Å². The Morgan fingerprint density at radius 1 is 0.576 bits per heavy atom. The number of alkyl halides is 1. The molecule has 4 aromatic heterocycles. The van der Waals surface area contributed by atoms with Gasteiger partial charge in [0, 0.05) is 65.6 Å². The van der Waals surface area contributed by atoms with Gasteiger partial charge in [-0.1, -0.05) is 148 Å². The van der Waals surface area contributed by atoms with Gasteiger partial charge in [-0.2, -0.15) is 4.57 Å². The van der Waals surface area contributed by atoms with E-state index in [0.29, 0.717) is 36.8 Å². The van der Waals surface area contributed by atoms with E-state index in [4.69, 9.17) is 9.40 Å². The highest BCUT2D eigenvalue weighted by Gasteiger charge is 2.34. The number of benzene rings is 6. The van der Waals surface area contributed by atoms with Gasteiger partial charge in [0.2, 0.25) is 0 Å². The van der Waals surface area contributed by atoms with Gasteiger partial charge in [0.25, 0.3) is 5.82 Å². The summed E-state index contributed by atoms with van der Waals surface area (Å²) < 4.78 is 25.9. The molecule has 5 heterocycles. The van der Waals surface area contributed by atoms with Crippen LogP contribution in [-0.4, -0.2) is 21.3 Å². The van der Waals surface area contributed by atoms with Crippen molar-refractivity contribution in [3.8, 4) is 34.2 Å². The molecular weight excluding hydrogens is 832 g/mol. The molecule has 0 aliphatic carbocycles. The summed E-state index contributed by atoms with van der Waals surface area (Å²) in [6.07, 6.45) is 8.55. The van der Waals surface area contributed by atoms with Gasteiger partial charge in [-0.3, -0.25) is 8.96 Å². The van der Waals surface area contributed by atoms with Gasteiger partial charge in [-0.25, -0.2) is 9.55 Å². The summed E-state index contributed by atoms with van der Waals surface area (Å²) in [5.74, 6) is 4.24. The van der Waals surface area contributed by atoms with E-state index < -0.39 is 0 Å². The zero-order valence-electron chi connectivity index (χ0n) is 40.3. The number of aromatic nitrogens is 4. The predicted molar refractivity (Wildman–Crippen MR) is 277 cm³/mol. The van der Waals surface area contributed by atoms with Gasteiger partial charge in [0.1, 0.15) is 41.6 Å². The van der Waals surface area contributed by atoms with Crippen LogP contribution in [0.5, 0.6) is 0 Å². The van der Waals surface area contributed by atoms with Crippen LogP contribution in [0.4, 0.5) is 4.39 Å². The second kappa shape index (κ2) is 18.2. The molecule has 5 nitrogen and oxygen atoms in total. The number of para-hydroxylation sites is 1. The molecule has 0 atom stereocenters. The van der Waals surface area contributed by atoms with E-state index in [0.717, 1.165) is 23.5 Å². The van der Waals surface area contributed by atoms with E-state index in [1.54, 1.807) is 0 Å². The Kier molecular flexibility index (Phi) is 12.4. The fourth-order valence-corrected chi connectivity index (χ4v) is 11.6. The molecular formula is C59H62FN4OS+. The van der Waals surface area contributed by atoms with Crippen molar-refractivity contribution in [1.29, 1.82) is 0 Å². The Bertz CT molecular complexity index is 3370. The summed E-state index contributed by atoms with van der Waals surface area (Å²) in [7, 11) is 0.500. The van der Waals surface area contributed by atoms with Crippen LogP contribution < -0.4 is 4.57 Å². The lowest BCUT2D eigenvalue weighted by atomic mass is 9.89. The molecule has 0 fully saturated rings. The molecule has 0 amide bonds. The van der Waals surface area contributed by atoms with E-state index >= 15 is 0 Å². The summed E-state index contributed by atoms with van der Waals surface area (Å²) >= 11 is 1.92. The fourth-order valence-electron chi connectivity index (χ4n) is 10.2. The van der Waals surface area contributed by atoms with E-state index in [1.807, 2.05) is 17.5 Å². The van der Waals surface area contributed by atoms with Crippen molar-refractivity contribution in [2.24, 2.45) is 0 Å². The van der Waals surface area contributed by atoms with E-state index in [2.05, 4.69) is 211 Å². The summed E-state index contributed by atoms with van der Waals surface area (Å²) in [5, 5.41) is 5.17. The Morgan fingerprint density at radius 3 is 1.86 bits per heavy atom. The molecule has 0 radical (unpaired) electrons. The number of imidazole rings is 2. The van der Waals surface area contributed by atoms with Crippen LogP contribution in [0.15, 0.2) is 138 Å². The molecule has 336 valence electrons. The molecule has 0 N–H and O–H groups in total. The first-order valence-electron chi connectivity index (χ1n) is 23.6. The normalized spacial score (nSPS) is 12.3. The van der Waals surface area contributed by atoms with Crippen molar-refractivity contribution in [3.63, 3.8) is 0 Å². The first-order chi connectivity index (χ1) is 31.9. The Hall–Kier alpha value is -6.31. The first-order valence-corrected chi connectivity index (χ1v) is 24.4. The minimum Gasteiger partial charge on any atom is -0.456 e. The Morgan fingerprint density at radius 2 is 1.17 bits per heavy atom. The number of furan rings is 1. The second-order valence-electron chi connectivity index (χ2n) is 19.2. The van der Waals surface area contributed by atoms with Crippen LogP contribution in [0.25, 0.3) is 76.3 Å². The monoisotopic (exact) mass is 893 g/mol. The van der Waals surface area contributed by atoms with Gasteiger partial charge in [0.15, 0.2) is 0 Å². The smallest absolute Gasteiger partial charge is 0.294 e. The third-order valence-corrected chi connectivity index (χ3v) is 14.5. The summed E-state index contributed by atoms with van der Waals surface area (Å²) in [6.45, 7) is 23.9. The second-order valence-corrected chi connectivity index (χ2v) is 20.2. The van der Waals surface area contributed by atoms with Gasteiger partial charge in [-0.15, -0.1) is 11.3 Å². The number of nitrogens with zero attached hydrogens (tertiary/aromatic N) is 4. The van der Waals surface area contributed by atoms with Crippen LogP contribution in [0.1, 0.15) is 132 Å². The molecule has 0 unspecified atom stereocenters. The highest BCUT2D eigenvalue weighted by Crippen LogP contribution is 2.46. The third kappa shape index (κ3) is 7.55.